The fourth-order valence-electron chi connectivity index (χ4n) is 4.89. The Balaban J connectivity index is 1.68. The molecule has 102 valence electrons. The largest absolute Gasteiger partial charge is 0.382 e. The van der Waals surface area contributed by atoms with E-state index in [4.69, 9.17) is 17.3 Å². The van der Waals surface area contributed by atoms with Crippen LogP contribution in [0.25, 0.3) is 0 Å². The molecule has 2 saturated carbocycles. The Kier molecular flexibility index (Phi) is 2.32. The Bertz CT molecular complexity index is 534. The molecule has 1 aromatic rings. The van der Waals surface area contributed by atoms with E-state index in [2.05, 4.69) is 21.8 Å². The molecule has 4 rings (SSSR count). The van der Waals surface area contributed by atoms with E-state index in [1.807, 2.05) is 0 Å². The average molecular weight is 279 g/mol. The van der Waals surface area contributed by atoms with Gasteiger partial charge in [0.15, 0.2) is 5.82 Å². The van der Waals surface area contributed by atoms with Gasteiger partial charge in [-0.3, -0.25) is 0 Å². The first-order valence-corrected chi connectivity index (χ1v) is 7.48. The molecule has 19 heavy (non-hydrogen) atoms. The summed E-state index contributed by atoms with van der Waals surface area (Å²) in [6.07, 6.45) is 5.78. The number of nitrogens with two attached hydrogens (primary N) is 1. The van der Waals surface area contributed by atoms with E-state index < -0.39 is 0 Å². The Labute approximate surface area is 118 Å². The van der Waals surface area contributed by atoms with Crippen LogP contribution in [-0.4, -0.2) is 23.1 Å². The highest BCUT2D eigenvalue weighted by Gasteiger charge is 2.59. The highest BCUT2D eigenvalue weighted by Crippen LogP contribution is 2.62. The predicted molar refractivity (Wildman–Crippen MR) is 76.1 cm³/mol. The summed E-state index contributed by atoms with van der Waals surface area (Å²) in [5.41, 5.74) is 6.24. The molecule has 2 N–H and O–H groups in total. The highest BCUT2D eigenvalue weighted by atomic mass is 35.5. The molecule has 4 nitrogen and oxygen atoms in total. The Morgan fingerprint density at radius 3 is 3.05 bits per heavy atom. The quantitative estimate of drug-likeness (QED) is 0.858. The summed E-state index contributed by atoms with van der Waals surface area (Å²) >= 11 is 6.27. The van der Waals surface area contributed by atoms with Gasteiger partial charge in [-0.05, 0) is 42.4 Å². The van der Waals surface area contributed by atoms with E-state index in [9.17, 15) is 0 Å². The first-order chi connectivity index (χ1) is 9.09. The van der Waals surface area contributed by atoms with Crippen LogP contribution in [0.1, 0.15) is 26.2 Å². The molecule has 2 bridgehead atoms. The Morgan fingerprint density at radius 1 is 1.42 bits per heavy atom. The van der Waals surface area contributed by atoms with Crippen LogP contribution in [0, 0.1) is 23.2 Å². The second-order valence-electron chi connectivity index (χ2n) is 6.66. The SMILES string of the molecule is C[C@]12CN(c3ncnc(N)c3Cl)CC1[C@@H]1CC[C@H]2C1. The third-order valence-electron chi connectivity index (χ3n) is 5.87. The molecule has 4 atom stereocenters. The van der Waals surface area contributed by atoms with Gasteiger partial charge in [-0.1, -0.05) is 18.5 Å². The van der Waals surface area contributed by atoms with E-state index in [-0.39, 0.29) is 0 Å². The molecular formula is C14H19ClN4. The van der Waals surface area contributed by atoms with Crippen molar-refractivity contribution < 1.29 is 0 Å². The molecule has 0 spiro atoms. The highest BCUT2D eigenvalue weighted by molar-refractivity contribution is 6.35. The van der Waals surface area contributed by atoms with Crippen LogP contribution in [0.15, 0.2) is 6.33 Å². The number of anilines is 2. The monoisotopic (exact) mass is 278 g/mol. The molecule has 2 heterocycles. The molecule has 5 heteroatoms. The lowest BCUT2D eigenvalue weighted by Gasteiger charge is -2.34. The summed E-state index contributed by atoms with van der Waals surface area (Å²) < 4.78 is 0. The van der Waals surface area contributed by atoms with Crippen LogP contribution < -0.4 is 10.6 Å². The van der Waals surface area contributed by atoms with E-state index in [0.717, 1.165) is 36.7 Å². The van der Waals surface area contributed by atoms with Gasteiger partial charge in [0.2, 0.25) is 0 Å². The maximum Gasteiger partial charge on any atom is 0.153 e. The van der Waals surface area contributed by atoms with E-state index in [1.165, 1.54) is 25.6 Å². The van der Waals surface area contributed by atoms with Crippen molar-refractivity contribution in [3.63, 3.8) is 0 Å². The molecule has 1 saturated heterocycles. The summed E-state index contributed by atoms with van der Waals surface area (Å²) in [4.78, 5) is 10.6. The zero-order valence-electron chi connectivity index (χ0n) is 11.1. The molecule has 2 aliphatic carbocycles. The van der Waals surface area contributed by atoms with Gasteiger partial charge < -0.3 is 10.6 Å². The van der Waals surface area contributed by atoms with Crippen molar-refractivity contribution in [1.82, 2.24) is 9.97 Å². The minimum Gasteiger partial charge on any atom is -0.382 e. The Hall–Kier alpha value is -1.03. The molecule has 3 aliphatic rings. The molecular weight excluding hydrogens is 260 g/mol. The summed E-state index contributed by atoms with van der Waals surface area (Å²) in [7, 11) is 0. The molecule has 3 fully saturated rings. The van der Waals surface area contributed by atoms with Crippen molar-refractivity contribution in [1.29, 1.82) is 0 Å². The van der Waals surface area contributed by atoms with Crippen molar-refractivity contribution in [2.24, 2.45) is 23.2 Å². The number of hydrogen-bond acceptors (Lipinski definition) is 4. The van der Waals surface area contributed by atoms with E-state index in [1.54, 1.807) is 0 Å². The standard InChI is InChI=1S/C14H19ClN4/c1-14-6-19(13-11(15)12(16)17-7-18-13)5-10(14)8-2-3-9(14)4-8/h7-10H,2-6H2,1H3,(H2,16,17,18)/t8-,9+,10?,14-/m1/s1. The maximum atomic E-state index is 6.27. The molecule has 0 aromatic carbocycles. The summed E-state index contributed by atoms with van der Waals surface area (Å²) in [5.74, 6) is 3.82. The zero-order valence-corrected chi connectivity index (χ0v) is 11.9. The second-order valence-corrected chi connectivity index (χ2v) is 7.04. The van der Waals surface area contributed by atoms with Crippen LogP contribution >= 0.6 is 11.6 Å². The van der Waals surface area contributed by atoms with Crippen molar-refractivity contribution in [2.45, 2.75) is 26.2 Å². The van der Waals surface area contributed by atoms with Gasteiger partial charge in [-0.15, -0.1) is 0 Å². The topological polar surface area (TPSA) is 55.0 Å². The summed E-state index contributed by atoms with van der Waals surface area (Å²) in [6, 6.07) is 0. The first kappa shape index (κ1) is 11.8. The average Bonchev–Trinajstić information content (AvgIpc) is 3.02. The van der Waals surface area contributed by atoms with Crippen molar-refractivity contribution in [3.05, 3.63) is 11.3 Å². The van der Waals surface area contributed by atoms with Crippen LogP contribution in [0.2, 0.25) is 5.02 Å². The fraction of sp³-hybridized carbons (Fsp3) is 0.714. The van der Waals surface area contributed by atoms with Crippen LogP contribution in [-0.2, 0) is 0 Å². The number of rotatable bonds is 1. The zero-order chi connectivity index (χ0) is 13.2. The third-order valence-corrected chi connectivity index (χ3v) is 6.23. The van der Waals surface area contributed by atoms with Gasteiger partial charge in [0, 0.05) is 13.1 Å². The number of halogens is 1. The molecule has 1 aromatic heterocycles. The summed E-state index contributed by atoms with van der Waals surface area (Å²) in [5, 5.41) is 0.512. The van der Waals surface area contributed by atoms with Gasteiger partial charge in [-0.25, -0.2) is 9.97 Å². The molecule has 1 unspecified atom stereocenters. The molecule has 0 radical (unpaired) electrons. The normalized spacial score (nSPS) is 39.9. The minimum absolute atomic E-state index is 0.386. The van der Waals surface area contributed by atoms with E-state index in [0.29, 0.717) is 16.3 Å². The van der Waals surface area contributed by atoms with Gasteiger partial charge in [-0.2, -0.15) is 0 Å². The predicted octanol–water partition coefficient (Wildman–Crippen LogP) is 2.58. The smallest absolute Gasteiger partial charge is 0.153 e. The maximum absolute atomic E-state index is 6.27. The lowest BCUT2D eigenvalue weighted by Crippen LogP contribution is -2.33. The van der Waals surface area contributed by atoms with Gasteiger partial charge >= 0.3 is 0 Å². The first-order valence-electron chi connectivity index (χ1n) is 7.10. The van der Waals surface area contributed by atoms with Gasteiger partial charge in [0.25, 0.3) is 0 Å². The van der Waals surface area contributed by atoms with Gasteiger partial charge in [0.1, 0.15) is 17.2 Å². The molecule has 0 amide bonds. The van der Waals surface area contributed by atoms with Gasteiger partial charge in [0.05, 0.1) is 0 Å². The third kappa shape index (κ3) is 1.46. The number of nitrogens with zero attached hydrogens (tertiary/aromatic N) is 3. The van der Waals surface area contributed by atoms with Crippen LogP contribution in [0.4, 0.5) is 11.6 Å². The second kappa shape index (κ2) is 3.75. The van der Waals surface area contributed by atoms with Crippen molar-refractivity contribution in [2.75, 3.05) is 23.7 Å². The number of hydrogen-bond donors (Lipinski definition) is 1. The van der Waals surface area contributed by atoms with Crippen molar-refractivity contribution >= 4 is 23.2 Å². The van der Waals surface area contributed by atoms with E-state index >= 15 is 0 Å². The van der Waals surface area contributed by atoms with Crippen molar-refractivity contribution in [3.8, 4) is 0 Å². The molecule has 1 aliphatic heterocycles. The number of aromatic nitrogens is 2. The fourth-order valence-corrected chi connectivity index (χ4v) is 5.11. The lowest BCUT2D eigenvalue weighted by molar-refractivity contribution is 0.157. The minimum atomic E-state index is 0.386. The Morgan fingerprint density at radius 2 is 2.26 bits per heavy atom. The number of fused-ring (bicyclic) bond motifs is 5. The van der Waals surface area contributed by atoms with Crippen LogP contribution in [0.3, 0.4) is 0 Å². The number of nitrogen functional groups attached to an aromatic ring is 1. The lowest BCUT2D eigenvalue weighted by atomic mass is 9.70. The summed E-state index contributed by atoms with van der Waals surface area (Å²) in [6.45, 7) is 4.60. The van der Waals surface area contributed by atoms with Crippen LogP contribution in [0.5, 0.6) is 0 Å².